The minimum Gasteiger partial charge on any atom is -0.460 e. The van der Waals surface area contributed by atoms with Gasteiger partial charge >= 0.3 is 11.9 Å². The van der Waals surface area contributed by atoms with Crippen molar-refractivity contribution in [3.63, 3.8) is 0 Å². The van der Waals surface area contributed by atoms with E-state index in [1.54, 1.807) is 30.7 Å². The van der Waals surface area contributed by atoms with E-state index in [0.29, 0.717) is 44.1 Å². The lowest BCUT2D eigenvalue weighted by molar-refractivity contribution is -0.218. The zero-order valence-electron chi connectivity index (χ0n) is 40.5. The van der Waals surface area contributed by atoms with Crippen LogP contribution in [0, 0.1) is 22.7 Å². The molecule has 0 radical (unpaired) electrons. The molecule has 14 nitrogen and oxygen atoms in total. The molecule has 2 aromatic rings. The van der Waals surface area contributed by atoms with Crippen LogP contribution >= 0.6 is 0 Å². The van der Waals surface area contributed by atoms with Gasteiger partial charge in [0.05, 0.1) is 30.9 Å². The van der Waals surface area contributed by atoms with Crippen molar-refractivity contribution in [2.24, 2.45) is 22.7 Å². The average Bonchev–Trinajstić information content (AvgIpc) is 3.81. The highest BCUT2D eigenvalue weighted by Gasteiger charge is 2.77. The standard InChI is InChI=1S/C54H69N3O11/c1-50(2,3)65-42(59)20-18-36(30-58)55-47(60)39-16-11-23-56(39)49(62)54-28-40-43-44(67-53(66-43)25-33-13-8-9-14-34(33)26-53)46(54)68-57(45(54)48(61)63-40)29-35-15-10-7-12-31(35)24-32-17-19-41-52(6,64-41)22-21-38-37(32)27-51(38,4)5/h7-10,12-15,24,36-41,43-46,58H,11,16-23,25-30H2,1-6H3,(H,55,60). The van der Waals surface area contributed by atoms with Crippen molar-refractivity contribution in [2.75, 3.05) is 13.2 Å². The number of fused-ring (bicyclic) bond motifs is 7. The first-order chi connectivity index (χ1) is 32.4. The molecule has 2 amide bonds. The molecule has 1 spiro atoms. The van der Waals surface area contributed by atoms with E-state index in [2.05, 4.69) is 56.4 Å². The van der Waals surface area contributed by atoms with Crippen molar-refractivity contribution < 1.29 is 52.8 Å². The zero-order valence-corrected chi connectivity index (χ0v) is 40.5. The van der Waals surface area contributed by atoms with Crippen LogP contribution in [-0.4, -0.2) is 118 Å². The van der Waals surface area contributed by atoms with Gasteiger partial charge in [0.2, 0.25) is 11.8 Å². The summed E-state index contributed by atoms with van der Waals surface area (Å²) in [5.41, 5.74) is 3.81. The Morgan fingerprint density at radius 2 is 1.69 bits per heavy atom. The molecular formula is C54H69N3O11. The maximum Gasteiger partial charge on any atom is 0.327 e. The molecule has 2 N–H and O–H groups in total. The predicted molar refractivity (Wildman–Crippen MR) is 248 cm³/mol. The highest BCUT2D eigenvalue weighted by Crippen LogP contribution is 2.61. The molecule has 5 aliphatic heterocycles. The topological polar surface area (TPSA) is 166 Å². The smallest absolute Gasteiger partial charge is 0.327 e. The number of hydrogen-bond donors (Lipinski definition) is 2. The molecule has 9 aliphatic rings. The molecule has 11 rings (SSSR count). The van der Waals surface area contributed by atoms with Gasteiger partial charge in [-0.15, -0.1) is 0 Å². The Hall–Kier alpha value is -4.18. The summed E-state index contributed by atoms with van der Waals surface area (Å²) in [6, 6.07) is 13.7. The Labute approximate surface area is 399 Å². The number of aliphatic hydroxyl groups excluding tert-OH is 1. The first kappa shape index (κ1) is 46.2. The molecule has 0 aromatic heterocycles. The number of carbonyl (C=O) groups is 4. The number of aliphatic hydroxyl groups is 1. The highest BCUT2D eigenvalue weighted by molar-refractivity contribution is 5.96. The van der Waals surface area contributed by atoms with E-state index < -0.39 is 83.8 Å². The molecule has 12 unspecified atom stereocenters. The van der Waals surface area contributed by atoms with E-state index in [0.717, 1.165) is 54.4 Å². The van der Waals surface area contributed by atoms with Crippen molar-refractivity contribution in [1.82, 2.24) is 15.3 Å². The lowest BCUT2D eigenvalue weighted by atomic mass is 9.52. The third-order valence-electron chi connectivity index (χ3n) is 17.3. The number of hydrogen-bond acceptors (Lipinski definition) is 12. The number of nitrogens with zero attached hydrogens (tertiary/aromatic N) is 2. The molecule has 366 valence electrons. The summed E-state index contributed by atoms with van der Waals surface area (Å²) in [5.74, 6) is -1.71. The van der Waals surface area contributed by atoms with Crippen LogP contribution in [0.3, 0.4) is 0 Å². The Morgan fingerprint density at radius 1 is 0.956 bits per heavy atom. The van der Waals surface area contributed by atoms with Crippen molar-refractivity contribution in [1.29, 1.82) is 0 Å². The molecule has 5 heterocycles. The molecule has 2 aromatic carbocycles. The largest absolute Gasteiger partial charge is 0.460 e. The average molecular weight is 936 g/mol. The highest BCUT2D eigenvalue weighted by atomic mass is 16.8. The number of nitrogens with one attached hydrogen (secondary N) is 1. The number of carbonyl (C=O) groups excluding carboxylic acids is 4. The molecule has 2 bridgehead atoms. The number of ether oxygens (including phenoxy) is 5. The second-order valence-corrected chi connectivity index (χ2v) is 23.4. The van der Waals surface area contributed by atoms with Gasteiger partial charge in [0, 0.05) is 32.2 Å². The fraction of sp³-hybridized carbons (Fsp3) is 0.667. The van der Waals surface area contributed by atoms with Gasteiger partial charge < -0.3 is 39.0 Å². The Balaban J connectivity index is 0.904. The van der Waals surface area contributed by atoms with Crippen LogP contribution in [0.2, 0.25) is 0 Å². The van der Waals surface area contributed by atoms with E-state index in [-0.39, 0.29) is 48.8 Å². The fourth-order valence-corrected chi connectivity index (χ4v) is 13.9. The first-order valence-corrected chi connectivity index (χ1v) is 25.4. The molecular weight excluding hydrogens is 867 g/mol. The summed E-state index contributed by atoms with van der Waals surface area (Å²) in [5, 5.41) is 14.9. The third-order valence-corrected chi connectivity index (χ3v) is 17.3. The van der Waals surface area contributed by atoms with Gasteiger partial charge in [0.25, 0.3) is 0 Å². The third kappa shape index (κ3) is 7.93. The van der Waals surface area contributed by atoms with Gasteiger partial charge in [0.1, 0.15) is 41.5 Å². The van der Waals surface area contributed by atoms with E-state index >= 15 is 4.79 Å². The normalized spacial score (nSPS) is 37.1. The van der Waals surface area contributed by atoms with Crippen LogP contribution in [0.25, 0.3) is 6.08 Å². The molecule has 5 saturated heterocycles. The summed E-state index contributed by atoms with van der Waals surface area (Å²) < 4.78 is 32.1. The minimum absolute atomic E-state index is 0.00482. The molecule has 68 heavy (non-hydrogen) atoms. The van der Waals surface area contributed by atoms with E-state index in [4.69, 9.17) is 28.5 Å². The Kier molecular flexibility index (Phi) is 11.4. The Bertz CT molecular complexity index is 2370. The van der Waals surface area contributed by atoms with Gasteiger partial charge in [0.15, 0.2) is 11.8 Å². The molecule has 4 aliphatic carbocycles. The number of hydroxylamine groups is 2. The lowest BCUT2D eigenvalue weighted by Crippen LogP contribution is -2.70. The number of benzene rings is 2. The van der Waals surface area contributed by atoms with Gasteiger partial charge in [-0.05, 0) is 119 Å². The van der Waals surface area contributed by atoms with Crippen LogP contribution in [-0.2, 0) is 67.1 Å². The van der Waals surface area contributed by atoms with Crippen molar-refractivity contribution in [2.45, 2.75) is 191 Å². The van der Waals surface area contributed by atoms with Crippen molar-refractivity contribution in [3.8, 4) is 0 Å². The monoisotopic (exact) mass is 935 g/mol. The number of rotatable bonds is 10. The number of likely N-dealkylation sites (tertiary alicyclic amines) is 1. The van der Waals surface area contributed by atoms with Crippen LogP contribution < -0.4 is 5.32 Å². The first-order valence-electron chi connectivity index (χ1n) is 25.4. The lowest BCUT2D eigenvalue weighted by Gasteiger charge is -2.53. The number of amides is 2. The van der Waals surface area contributed by atoms with Gasteiger partial charge in [-0.2, -0.15) is 5.06 Å². The van der Waals surface area contributed by atoms with Crippen LogP contribution in [0.1, 0.15) is 128 Å². The summed E-state index contributed by atoms with van der Waals surface area (Å²) in [6.45, 7) is 12.5. The zero-order chi connectivity index (χ0) is 47.5. The van der Waals surface area contributed by atoms with E-state index in [1.165, 1.54) is 5.57 Å². The minimum atomic E-state index is -1.47. The fourth-order valence-electron chi connectivity index (χ4n) is 13.9. The second-order valence-electron chi connectivity index (χ2n) is 23.4. The SMILES string of the molecule is CC(C)(C)OC(=O)CCC(CO)NC(=O)C1CCCN1C(=O)C12CC3OC(=O)C1N(Cc1ccccc1C=C1CCC4OC4(C)CCC4C1CC4(C)C)OC2C1OC2(Cc4ccccc4C2)OC31. The number of allylic oxidation sites excluding steroid dienone is 1. The number of esters is 2. The van der Waals surface area contributed by atoms with Gasteiger partial charge in [-0.25, -0.2) is 0 Å². The quantitative estimate of drug-likeness (QED) is 0.207. The summed E-state index contributed by atoms with van der Waals surface area (Å²) in [6.07, 6.45) is 7.14. The van der Waals surface area contributed by atoms with Crippen LogP contribution in [0.5, 0.6) is 0 Å². The van der Waals surface area contributed by atoms with Gasteiger partial charge in [-0.1, -0.05) is 74.0 Å². The van der Waals surface area contributed by atoms with Crippen molar-refractivity contribution in [3.05, 3.63) is 76.4 Å². The molecule has 14 heteroatoms. The van der Waals surface area contributed by atoms with E-state index in [1.807, 2.05) is 24.3 Å². The van der Waals surface area contributed by atoms with Crippen molar-refractivity contribution >= 4 is 29.8 Å². The maximum atomic E-state index is 15.8. The Morgan fingerprint density at radius 3 is 2.43 bits per heavy atom. The molecule has 8 fully saturated rings. The molecule has 12 atom stereocenters. The number of epoxide rings is 1. The van der Waals surface area contributed by atoms with Crippen LogP contribution in [0.15, 0.2) is 54.1 Å². The van der Waals surface area contributed by atoms with Crippen LogP contribution in [0.4, 0.5) is 0 Å². The summed E-state index contributed by atoms with van der Waals surface area (Å²) in [7, 11) is 0. The van der Waals surface area contributed by atoms with E-state index in [9.17, 15) is 19.5 Å². The molecule has 3 saturated carbocycles. The summed E-state index contributed by atoms with van der Waals surface area (Å²) >= 11 is 0. The maximum absolute atomic E-state index is 15.8. The van der Waals surface area contributed by atoms with Gasteiger partial charge in [-0.3, -0.25) is 24.0 Å². The predicted octanol–water partition coefficient (Wildman–Crippen LogP) is 6.13. The second kappa shape index (κ2) is 16.7. The summed E-state index contributed by atoms with van der Waals surface area (Å²) in [4.78, 5) is 66.1.